The summed E-state index contributed by atoms with van der Waals surface area (Å²) < 4.78 is 41.0. The molecule has 0 atom stereocenters. The molecular formula is C10H7BrF3NO. The fraction of sp³-hybridized carbons (Fsp3) is 0.200. The fourth-order valence-corrected chi connectivity index (χ4v) is 1.98. The molecule has 0 unspecified atom stereocenters. The topological polar surface area (TPSA) is 25.0 Å². The lowest BCUT2D eigenvalue weighted by atomic mass is 10.2. The average molecular weight is 294 g/mol. The molecule has 0 bridgehead atoms. The van der Waals surface area contributed by atoms with Crippen molar-refractivity contribution in [2.75, 3.05) is 0 Å². The van der Waals surface area contributed by atoms with Crippen molar-refractivity contribution in [1.82, 2.24) is 4.98 Å². The Kier molecular flexibility index (Phi) is 2.61. The molecule has 0 fully saturated rings. The van der Waals surface area contributed by atoms with Crippen LogP contribution in [0.4, 0.5) is 13.2 Å². The van der Waals surface area contributed by atoms with Gasteiger partial charge in [0.05, 0.1) is 5.52 Å². The number of nitrogens with one attached hydrogen (secondary N) is 1. The van der Waals surface area contributed by atoms with Crippen LogP contribution in [0.15, 0.2) is 22.7 Å². The van der Waals surface area contributed by atoms with E-state index in [0.29, 0.717) is 15.4 Å². The molecule has 86 valence electrons. The molecule has 16 heavy (non-hydrogen) atoms. The summed E-state index contributed by atoms with van der Waals surface area (Å²) in [6, 6.07) is 4.76. The summed E-state index contributed by atoms with van der Waals surface area (Å²) in [6.07, 6.45) is -4.69. The molecule has 1 aromatic heterocycles. The van der Waals surface area contributed by atoms with Gasteiger partial charge >= 0.3 is 6.36 Å². The maximum Gasteiger partial charge on any atom is 0.573 e. The molecule has 0 aliphatic carbocycles. The predicted octanol–water partition coefficient (Wildman–Crippen LogP) is 4.14. The van der Waals surface area contributed by atoms with Gasteiger partial charge in [0, 0.05) is 15.6 Å². The van der Waals surface area contributed by atoms with Gasteiger partial charge in [0.2, 0.25) is 0 Å². The second-order valence-electron chi connectivity index (χ2n) is 3.37. The number of fused-ring (bicyclic) bond motifs is 1. The summed E-state index contributed by atoms with van der Waals surface area (Å²) >= 11 is 3.14. The second kappa shape index (κ2) is 3.69. The van der Waals surface area contributed by atoms with Crippen molar-refractivity contribution < 1.29 is 17.9 Å². The highest BCUT2D eigenvalue weighted by molar-refractivity contribution is 9.10. The van der Waals surface area contributed by atoms with Crippen LogP contribution >= 0.6 is 15.9 Å². The highest BCUT2D eigenvalue weighted by atomic mass is 79.9. The van der Waals surface area contributed by atoms with E-state index >= 15 is 0 Å². The summed E-state index contributed by atoms with van der Waals surface area (Å²) in [4.78, 5) is 2.83. The third kappa shape index (κ3) is 2.32. The summed E-state index contributed by atoms with van der Waals surface area (Å²) in [5, 5.41) is 0.672. The molecule has 0 aliphatic rings. The third-order valence-corrected chi connectivity index (χ3v) is 2.48. The van der Waals surface area contributed by atoms with Crippen LogP contribution in [0.3, 0.4) is 0 Å². The van der Waals surface area contributed by atoms with E-state index < -0.39 is 6.36 Å². The van der Waals surface area contributed by atoms with Gasteiger partial charge in [0.25, 0.3) is 0 Å². The van der Waals surface area contributed by atoms with E-state index in [1.807, 2.05) is 0 Å². The lowest BCUT2D eigenvalue weighted by molar-refractivity contribution is -0.274. The van der Waals surface area contributed by atoms with Crippen molar-refractivity contribution in [2.24, 2.45) is 0 Å². The van der Waals surface area contributed by atoms with Crippen molar-refractivity contribution in [1.29, 1.82) is 0 Å². The minimum Gasteiger partial charge on any atom is -0.403 e. The highest BCUT2D eigenvalue weighted by Crippen LogP contribution is 2.33. The van der Waals surface area contributed by atoms with E-state index in [-0.39, 0.29) is 5.75 Å². The molecule has 6 heteroatoms. The van der Waals surface area contributed by atoms with Gasteiger partial charge in [0.15, 0.2) is 5.75 Å². The van der Waals surface area contributed by atoms with Crippen LogP contribution < -0.4 is 4.74 Å². The third-order valence-electron chi connectivity index (χ3n) is 2.02. The van der Waals surface area contributed by atoms with Gasteiger partial charge in [-0.3, -0.25) is 0 Å². The lowest BCUT2D eigenvalue weighted by Crippen LogP contribution is -2.17. The summed E-state index contributed by atoms with van der Waals surface area (Å²) in [7, 11) is 0. The first-order chi connectivity index (χ1) is 7.35. The quantitative estimate of drug-likeness (QED) is 0.840. The molecule has 1 aromatic carbocycles. The van der Waals surface area contributed by atoms with Gasteiger partial charge in [-0.2, -0.15) is 0 Å². The van der Waals surface area contributed by atoms with Gasteiger partial charge in [-0.05, 0) is 25.1 Å². The van der Waals surface area contributed by atoms with Gasteiger partial charge in [-0.1, -0.05) is 15.9 Å². The largest absolute Gasteiger partial charge is 0.573 e. The predicted molar refractivity (Wildman–Crippen MR) is 57.4 cm³/mol. The van der Waals surface area contributed by atoms with Gasteiger partial charge in [0.1, 0.15) is 0 Å². The Balaban J connectivity index is 2.58. The zero-order valence-electron chi connectivity index (χ0n) is 8.15. The number of rotatable bonds is 1. The van der Waals surface area contributed by atoms with Crippen molar-refractivity contribution in [3.8, 4) is 5.75 Å². The number of benzene rings is 1. The molecule has 2 nitrogen and oxygen atoms in total. The smallest absolute Gasteiger partial charge is 0.403 e. The van der Waals surface area contributed by atoms with Gasteiger partial charge in [-0.25, -0.2) is 0 Å². The van der Waals surface area contributed by atoms with Gasteiger partial charge in [-0.15, -0.1) is 13.2 Å². The fourth-order valence-electron chi connectivity index (χ4n) is 1.52. The second-order valence-corrected chi connectivity index (χ2v) is 4.28. The first-order valence-electron chi connectivity index (χ1n) is 4.40. The number of aryl methyl sites for hydroxylation is 1. The molecule has 0 aliphatic heterocycles. The van der Waals surface area contributed by atoms with Crippen LogP contribution in [-0.2, 0) is 0 Å². The Bertz CT molecular complexity index is 533. The first kappa shape index (κ1) is 11.3. The molecule has 0 saturated carbocycles. The van der Waals surface area contributed by atoms with E-state index in [9.17, 15) is 13.2 Å². The minimum atomic E-state index is -4.69. The van der Waals surface area contributed by atoms with Crippen LogP contribution in [0.5, 0.6) is 5.75 Å². The first-order valence-corrected chi connectivity index (χ1v) is 5.19. The summed E-state index contributed by atoms with van der Waals surface area (Å²) in [5.41, 5.74) is 1.12. The molecular weight excluding hydrogens is 287 g/mol. The number of H-pyrrole nitrogens is 1. The molecule has 1 N–H and O–H groups in total. The van der Waals surface area contributed by atoms with Crippen LogP contribution in [0, 0.1) is 6.92 Å². The molecule has 2 aromatic rings. The Morgan fingerprint density at radius 2 is 1.94 bits per heavy atom. The molecule has 1 heterocycles. The number of halogens is 4. The number of hydrogen-bond donors (Lipinski definition) is 1. The van der Waals surface area contributed by atoms with E-state index in [1.165, 1.54) is 6.07 Å². The maximum atomic E-state index is 12.2. The Hall–Kier alpha value is -1.17. The highest BCUT2D eigenvalue weighted by Gasteiger charge is 2.32. The van der Waals surface area contributed by atoms with Crippen LogP contribution in [-0.4, -0.2) is 11.3 Å². The zero-order valence-corrected chi connectivity index (χ0v) is 9.74. The average Bonchev–Trinajstić information content (AvgIpc) is 2.42. The molecule has 0 spiro atoms. The minimum absolute atomic E-state index is 0.232. The standard InChI is InChI=1S/C10H7BrF3NO/c1-5-2-6-3-7(11)4-8(9(6)15-5)16-10(12,13)14/h2-4,15H,1H3. The van der Waals surface area contributed by atoms with Crippen molar-refractivity contribution >= 4 is 26.8 Å². The molecule has 0 amide bonds. The number of alkyl halides is 3. The van der Waals surface area contributed by atoms with Crippen molar-refractivity contribution in [2.45, 2.75) is 13.3 Å². The molecule has 2 rings (SSSR count). The monoisotopic (exact) mass is 293 g/mol. The van der Waals surface area contributed by atoms with Crippen molar-refractivity contribution in [3.63, 3.8) is 0 Å². The SMILES string of the molecule is Cc1cc2cc(Br)cc(OC(F)(F)F)c2[nH]1. The number of aromatic nitrogens is 1. The molecule has 0 radical (unpaired) electrons. The number of ether oxygens (including phenoxy) is 1. The zero-order chi connectivity index (χ0) is 11.9. The van der Waals surface area contributed by atoms with E-state index in [4.69, 9.17) is 0 Å². The van der Waals surface area contributed by atoms with Crippen LogP contribution in [0.2, 0.25) is 0 Å². The summed E-state index contributed by atoms with van der Waals surface area (Å²) in [6.45, 7) is 1.77. The van der Waals surface area contributed by atoms with E-state index in [0.717, 1.165) is 5.69 Å². The number of hydrogen-bond acceptors (Lipinski definition) is 1. The number of aromatic amines is 1. The Labute approximate surface area is 97.5 Å². The maximum absolute atomic E-state index is 12.2. The van der Waals surface area contributed by atoms with Crippen LogP contribution in [0.25, 0.3) is 10.9 Å². The lowest BCUT2D eigenvalue weighted by Gasteiger charge is -2.10. The molecule has 0 saturated heterocycles. The van der Waals surface area contributed by atoms with Gasteiger partial charge < -0.3 is 9.72 Å². The Morgan fingerprint density at radius 3 is 2.56 bits per heavy atom. The normalized spacial score (nSPS) is 12.1. The summed E-state index contributed by atoms with van der Waals surface area (Å²) in [5.74, 6) is -0.232. The Morgan fingerprint density at radius 1 is 1.25 bits per heavy atom. The van der Waals surface area contributed by atoms with E-state index in [1.54, 1.807) is 19.1 Å². The van der Waals surface area contributed by atoms with E-state index in [2.05, 4.69) is 25.7 Å². The van der Waals surface area contributed by atoms with Crippen molar-refractivity contribution in [3.05, 3.63) is 28.4 Å². The van der Waals surface area contributed by atoms with Crippen LogP contribution in [0.1, 0.15) is 5.69 Å².